The number of aromatic nitrogens is 4. The molecule has 3 aromatic rings. The fraction of sp³-hybridized carbons (Fsp3) is 0.400. The molecule has 1 atom stereocenters. The van der Waals surface area contributed by atoms with Crippen molar-refractivity contribution in [2.75, 3.05) is 13.1 Å². The Morgan fingerprint density at radius 2 is 2.27 bits per heavy atom. The summed E-state index contributed by atoms with van der Waals surface area (Å²) in [6.07, 6.45) is 4.67. The molecule has 0 N–H and O–H groups in total. The molecular formula is C15H17N5OS. The zero-order valence-electron chi connectivity index (χ0n) is 12.6. The maximum absolute atomic E-state index is 12.6. The predicted octanol–water partition coefficient (Wildman–Crippen LogP) is 2.30. The maximum Gasteiger partial charge on any atom is 0.274 e. The summed E-state index contributed by atoms with van der Waals surface area (Å²) in [7, 11) is 0. The van der Waals surface area contributed by atoms with Crippen molar-refractivity contribution in [1.82, 2.24) is 24.1 Å². The highest BCUT2D eigenvalue weighted by Gasteiger charge is 2.30. The first-order chi connectivity index (χ1) is 10.6. The minimum Gasteiger partial charge on any atom is -0.335 e. The maximum atomic E-state index is 12.6. The third-order valence-corrected chi connectivity index (χ3v) is 4.92. The molecule has 0 unspecified atom stereocenters. The topological polar surface area (TPSA) is 55.4 Å². The first-order valence-electron chi connectivity index (χ1n) is 7.36. The number of carbonyl (C=O) groups is 1. The number of imidazole rings is 1. The number of rotatable bonds is 2. The van der Waals surface area contributed by atoms with Crippen LogP contribution in [0.2, 0.25) is 0 Å². The Hall–Kier alpha value is -2.15. The second-order valence-electron chi connectivity index (χ2n) is 5.78. The van der Waals surface area contributed by atoms with Crippen molar-refractivity contribution in [3.63, 3.8) is 0 Å². The SMILES string of the molecule is Cc1cc(C)n([C@H]2CCN(C(=O)c3cn4ccsc4n3)C2)n1. The van der Waals surface area contributed by atoms with Gasteiger partial charge in [-0.3, -0.25) is 13.9 Å². The van der Waals surface area contributed by atoms with Crippen LogP contribution in [-0.2, 0) is 0 Å². The summed E-state index contributed by atoms with van der Waals surface area (Å²) in [5, 5.41) is 6.51. The minimum absolute atomic E-state index is 0.0138. The molecule has 1 aliphatic rings. The molecule has 1 aliphatic heterocycles. The Labute approximate surface area is 132 Å². The van der Waals surface area contributed by atoms with Gasteiger partial charge in [-0.15, -0.1) is 11.3 Å². The summed E-state index contributed by atoms with van der Waals surface area (Å²) in [6, 6.07) is 2.34. The number of amides is 1. The first-order valence-corrected chi connectivity index (χ1v) is 8.24. The largest absolute Gasteiger partial charge is 0.335 e. The Morgan fingerprint density at radius 3 is 3.00 bits per heavy atom. The van der Waals surface area contributed by atoms with Gasteiger partial charge in [0, 0.05) is 36.6 Å². The average molecular weight is 315 g/mol. The zero-order chi connectivity index (χ0) is 15.3. The third kappa shape index (κ3) is 2.12. The van der Waals surface area contributed by atoms with Gasteiger partial charge in [0.05, 0.1) is 11.7 Å². The van der Waals surface area contributed by atoms with E-state index in [0.717, 1.165) is 29.3 Å². The minimum atomic E-state index is 0.0138. The van der Waals surface area contributed by atoms with Gasteiger partial charge in [0.15, 0.2) is 4.96 Å². The molecule has 0 radical (unpaired) electrons. The molecule has 0 saturated carbocycles. The number of hydrogen-bond acceptors (Lipinski definition) is 4. The first kappa shape index (κ1) is 13.5. The molecule has 4 rings (SSSR count). The molecule has 1 fully saturated rings. The fourth-order valence-electron chi connectivity index (χ4n) is 3.13. The van der Waals surface area contributed by atoms with E-state index in [0.29, 0.717) is 12.2 Å². The van der Waals surface area contributed by atoms with Crippen LogP contribution in [0.4, 0.5) is 0 Å². The summed E-state index contributed by atoms with van der Waals surface area (Å²) in [4.78, 5) is 19.8. The molecule has 114 valence electrons. The number of likely N-dealkylation sites (tertiary alicyclic amines) is 1. The summed E-state index contributed by atoms with van der Waals surface area (Å²) in [5.41, 5.74) is 2.71. The average Bonchev–Trinajstić information content (AvgIpc) is 3.19. The second kappa shape index (κ2) is 4.95. The van der Waals surface area contributed by atoms with Crippen LogP contribution < -0.4 is 0 Å². The summed E-state index contributed by atoms with van der Waals surface area (Å²) >= 11 is 1.54. The quantitative estimate of drug-likeness (QED) is 0.729. The smallest absolute Gasteiger partial charge is 0.274 e. The van der Waals surface area contributed by atoms with Crippen LogP contribution in [0, 0.1) is 13.8 Å². The molecule has 1 saturated heterocycles. The van der Waals surface area contributed by atoms with E-state index in [1.165, 1.54) is 11.3 Å². The van der Waals surface area contributed by atoms with E-state index in [1.807, 2.05) is 38.7 Å². The molecule has 0 bridgehead atoms. The van der Waals surface area contributed by atoms with Gasteiger partial charge in [0.2, 0.25) is 0 Å². The van der Waals surface area contributed by atoms with Gasteiger partial charge < -0.3 is 4.90 Å². The van der Waals surface area contributed by atoms with E-state index >= 15 is 0 Å². The van der Waals surface area contributed by atoms with Crippen LogP contribution in [0.3, 0.4) is 0 Å². The van der Waals surface area contributed by atoms with Crippen LogP contribution >= 0.6 is 11.3 Å². The Bertz CT molecular complexity index is 817. The van der Waals surface area contributed by atoms with Gasteiger partial charge in [-0.2, -0.15) is 5.10 Å². The summed E-state index contributed by atoms with van der Waals surface area (Å²) in [5.74, 6) is 0.0138. The van der Waals surface area contributed by atoms with Crippen LogP contribution in [0.15, 0.2) is 23.8 Å². The molecule has 22 heavy (non-hydrogen) atoms. The molecular weight excluding hydrogens is 298 g/mol. The fourth-order valence-corrected chi connectivity index (χ4v) is 3.83. The normalized spacial score (nSPS) is 18.5. The molecule has 7 heteroatoms. The monoisotopic (exact) mass is 315 g/mol. The van der Waals surface area contributed by atoms with Crippen molar-refractivity contribution in [3.8, 4) is 0 Å². The summed E-state index contributed by atoms with van der Waals surface area (Å²) < 4.78 is 3.95. The molecule has 0 aliphatic carbocycles. The lowest BCUT2D eigenvalue weighted by molar-refractivity contribution is 0.0782. The van der Waals surface area contributed by atoms with Gasteiger partial charge in [-0.25, -0.2) is 4.98 Å². The summed E-state index contributed by atoms with van der Waals surface area (Å²) in [6.45, 7) is 5.52. The van der Waals surface area contributed by atoms with E-state index in [9.17, 15) is 4.79 Å². The van der Waals surface area contributed by atoms with Crippen molar-refractivity contribution in [1.29, 1.82) is 0 Å². The highest BCUT2D eigenvalue weighted by Crippen LogP contribution is 2.24. The lowest BCUT2D eigenvalue weighted by Gasteiger charge is -2.16. The van der Waals surface area contributed by atoms with Gasteiger partial charge in [0.1, 0.15) is 5.69 Å². The van der Waals surface area contributed by atoms with Gasteiger partial charge in [0.25, 0.3) is 5.91 Å². The standard InChI is InChI=1S/C15H17N5OS/c1-10-7-11(2)20(17-10)12-3-4-18(8-12)14(21)13-9-19-5-6-22-15(19)16-13/h5-7,9,12H,3-4,8H2,1-2H3/t12-/m0/s1. The Balaban J connectivity index is 1.53. The molecule has 0 spiro atoms. The predicted molar refractivity (Wildman–Crippen MR) is 84.3 cm³/mol. The molecule has 6 nitrogen and oxygen atoms in total. The van der Waals surface area contributed by atoms with Gasteiger partial charge >= 0.3 is 0 Å². The number of aryl methyl sites for hydroxylation is 2. The van der Waals surface area contributed by atoms with Crippen molar-refractivity contribution >= 4 is 22.2 Å². The third-order valence-electron chi connectivity index (χ3n) is 4.15. The Morgan fingerprint density at radius 1 is 1.41 bits per heavy atom. The number of nitrogens with zero attached hydrogens (tertiary/aromatic N) is 5. The van der Waals surface area contributed by atoms with Crippen molar-refractivity contribution in [2.45, 2.75) is 26.3 Å². The molecule has 1 amide bonds. The lowest BCUT2D eigenvalue weighted by atomic mass is 10.2. The second-order valence-corrected chi connectivity index (χ2v) is 6.66. The van der Waals surface area contributed by atoms with E-state index in [2.05, 4.69) is 23.1 Å². The van der Waals surface area contributed by atoms with Crippen LogP contribution in [-0.4, -0.2) is 43.1 Å². The van der Waals surface area contributed by atoms with Crippen molar-refractivity contribution in [3.05, 3.63) is 40.9 Å². The van der Waals surface area contributed by atoms with E-state index in [1.54, 1.807) is 0 Å². The lowest BCUT2D eigenvalue weighted by Crippen LogP contribution is -2.29. The highest BCUT2D eigenvalue weighted by molar-refractivity contribution is 7.15. The van der Waals surface area contributed by atoms with E-state index < -0.39 is 0 Å². The number of hydrogen-bond donors (Lipinski definition) is 0. The van der Waals surface area contributed by atoms with E-state index in [4.69, 9.17) is 0 Å². The zero-order valence-corrected chi connectivity index (χ0v) is 13.4. The number of carbonyl (C=O) groups excluding carboxylic acids is 1. The molecule has 0 aromatic carbocycles. The highest BCUT2D eigenvalue weighted by atomic mass is 32.1. The van der Waals surface area contributed by atoms with Gasteiger partial charge in [-0.1, -0.05) is 0 Å². The Kier molecular flexibility index (Phi) is 3.04. The van der Waals surface area contributed by atoms with Crippen molar-refractivity contribution in [2.24, 2.45) is 0 Å². The van der Waals surface area contributed by atoms with Crippen LogP contribution in [0.1, 0.15) is 34.3 Å². The number of fused-ring (bicyclic) bond motifs is 1. The van der Waals surface area contributed by atoms with Crippen LogP contribution in [0.25, 0.3) is 4.96 Å². The van der Waals surface area contributed by atoms with Crippen molar-refractivity contribution < 1.29 is 4.79 Å². The van der Waals surface area contributed by atoms with Crippen LogP contribution in [0.5, 0.6) is 0 Å². The van der Waals surface area contributed by atoms with Gasteiger partial charge in [-0.05, 0) is 26.3 Å². The number of thiazole rings is 1. The molecule has 4 heterocycles. The molecule has 3 aromatic heterocycles. The van der Waals surface area contributed by atoms with E-state index in [-0.39, 0.29) is 11.9 Å².